The molecular weight excluding hydrogens is 677 g/mol. The Hall–Kier alpha value is -7.42. The Bertz CT molecular complexity index is 3290. The Labute approximate surface area is 339 Å². The molecule has 0 aliphatic carbocycles. The lowest BCUT2D eigenvalue weighted by molar-refractivity contribution is 1.18. The first-order valence-electron chi connectivity index (χ1n) is 22.5. The molecule has 2 nitrogen and oxygen atoms in total. The first kappa shape index (κ1) is 25.6. The highest BCUT2D eigenvalue weighted by atomic mass is 15.1. The van der Waals surface area contributed by atoms with Crippen molar-refractivity contribution in [2.45, 2.75) is 0 Å². The van der Waals surface area contributed by atoms with Gasteiger partial charge in [0.1, 0.15) is 0 Å². The van der Waals surface area contributed by atoms with E-state index in [1.165, 1.54) is 4.90 Å². The normalized spacial score (nSPS) is 13.2. The summed E-state index contributed by atoms with van der Waals surface area (Å²) in [7, 11) is 0. The van der Waals surface area contributed by atoms with Crippen LogP contribution in [0.3, 0.4) is 0 Å². The Morgan fingerprint density at radius 3 is 1.23 bits per heavy atom. The molecule has 0 fully saturated rings. The molecule has 0 N–H and O–H groups in total. The van der Waals surface area contributed by atoms with Gasteiger partial charge in [0.25, 0.3) is 0 Å². The van der Waals surface area contributed by atoms with E-state index in [9.17, 15) is 11.0 Å². The van der Waals surface area contributed by atoms with Crippen molar-refractivity contribution in [1.82, 2.24) is 4.57 Å². The molecular formula is C54H38N2. The number of hydrogen-bond acceptors (Lipinski definition) is 1. The summed E-state index contributed by atoms with van der Waals surface area (Å²) in [4.78, 5) is 1.35. The van der Waals surface area contributed by atoms with Gasteiger partial charge < -0.3 is 9.47 Å². The molecule has 1 aromatic heterocycles. The summed E-state index contributed by atoms with van der Waals surface area (Å²) in [6.45, 7) is 0. The second-order valence-electron chi connectivity index (χ2n) is 13.5. The Morgan fingerprint density at radius 2 is 0.696 bits per heavy atom. The molecule has 0 radical (unpaired) electrons. The average molecular weight is 723 g/mol. The van der Waals surface area contributed by atoms with Gasteiger partial charge in [0.05, 0.1) is 27.7 Å². The molecule has 0 bridgehead atoms. The van der Waals surface area contributed by atoms with E-state index in [2.05, 4.69) is 16.7 Å². The molecule has 0 aliphatic rings. The van der Waals surface area contributed by atoms with Crippen LogP contribution >= 0.6 is 0 Å². The van der Waals surface area contributed by atoms with E-state index in [-0.39, 0.29) is 46.7 Å². The quantitative estimate of drug-likeness (QED) is 0.152. The van der Waals surface area contributed by atoms with E-state index in [0.29, 0.717) is 22.5 Å². The first-order valence-corrected chi connectivity index (χ1v) is 18.5. The minimum absolute atomic E-state index is 0.0874. The van der Waals surface area contributed by atoms with E-state index < -0.39 is 24.2 Å². The van der Waals surface area contributed by atoms with Crippen molar-refractivity contribution in [3.8, 4) is 50.2 Å². The van der Waals surface area contributed by atoms with Crippen LogP contribution in [0.1, 0.15) is 11.0 Å². The summed E-state index contributed by atoms with van der Waals surface area (Å²) in [5.74, 6) is 0. The molecule has 2 heteroatoms. The van der Waals surface area contributed by atoms with E-state index in [1.807, 2.05) is 140 Å². The van der Waals surface area contributed by atoms with Gasteiger partial charge in [-0.15, -0.1) is 0 Å². The monoisotopic (exact) mass is 722 g/mol. The number of anilines is 3. The molecule has 0 unspecified atom stereocenters. The van der Waals surface area contributed by atoms with Gasteiger partial charge in [0, 0.05) is 33.4 Å². The molecule has 1 heterocycles. The summed E-state index contributed by atoms with van der Waals surface area (Å²) in [6, 6.07) is 54.7. The van der Waals surface area contributed by atoms with Crippen LogP contribution < -0.4 is 4.90 Å². The number of nitrogens with zero attached hydrogens (tertiary/aromatic N) is 2. The van der Waals surface area contributed by atoms with Crippen molar-refractivity contribution in [2.75, 3.05) is 4.90 Å². The molecule has 0 amide bonds. The molecule has 9 aromatic carbocycles. The van der Waals surface area contributed by atoms with Crippen LogP contribution in [0.4, 0.5) is 17.1 Å². The highest BCUT2D eigenvalue weighted by Crippen LogP contribution is 2.40. The number of hydrogen-bond donors (Lipinski definition) is 0. The van der Waals surface area contributed by atoms with Crippen molar-refractivity contribution < 1.29 is 11.0 Å². The minimum atomic E-state index is -0.405. The van der Waals surface area contributed by atoms with Gasteiger partial charge in [0.15, 0.2) is 0 Å². The van der Waals surface area contributed by atoms with Crippen LogP contribution in [0.5, 0.6) is 0 Å². The van der Waals surface area contributed by atoms with Gasteiger partial charge in [0.2, 0.25) is 0 Å². The van der Waals surface area contributed by atoms with Gasteiger partial charge in [-0.25, -0.2) is 0 Å². The number of aromatic nitrogens is 1. The average Bonchev–Trinajstić information content (AvgIpc) is 3.68. The molecule has 0 atom stereocenters. The predicted octanol–water partition coefficient (Wildman–Crippen LogP) is 14.9. The summed E-state index contributed by atoms with van der Waals surface area (Å²) >= 11 is 0. The van der Waals surface area contributed by atoms with E-state index in [0.717, 1.165) is 44.1 Å². The maximum atomic E-state index is 9.70. The molecule has 0 saturated carbocycles. The summed E-state index contributed by atoms with van der Waals surface area (Å²) in [5.41, 5.74) is 7.38. The number of fused-ring (bicyclic) bond motifs is 3. The van der Waals surface area contributed by atoms with Gasteiger partial charge in [-0.2, -0.15) is 0 Å². The molecule has 10 aromatic rings. The second-order valence-corrected chi connectivity index (χ2v) is 13.5. The molecule has 56 heavy (non-hydrogen) atoms. The highest BCUT2D eigenvalue weighted by Gasteiger charge is 2.17. The van der Waals surface area contributed by atoms with Crippen LogP contribution in [-0.4, -0.2) is 4.57 Å². The summed E-state index contributed by atoms with van der Waals surface area (Å²) < 4.78 is 78.5. The predicted molar refractivity (Wildman–Crippen MR) is 237 cm³/mol. The van der Waals surface area contributed by atoms with Crippen molar-refractivity contribution >= 4 is 38.9 Å². The van der Waals surface area contributed by atoms with E-state index >= 15 is 0 Å². The standard InChI is InChI=1S/C54H38N2/c1-3-13-39(14-4-1)41-23-25-42(26-24-41)44-29-35-47(36-30-44)55(46-33-27-43(28-34-46)40-15-5-2-6-16-40)48-37-31-45(32-38-48)49-17-7-10-20-52(49)56-53-21-11-8-18-50(53)51-19-9-12-22-54(51)56/h1-38H/i29D,30D,31D,32D,35D,36D,37D,38D. The van der Waals surface area contributed by atoms with Gasteiger partial charge in [-0.1, -0.05) is 176 Å². The third kappa shape index (κ3) is 6.14. The SMILES string of the molecule is [2H]c1c([2H])c(N(c2ccc(-c3ccccc3)cc2)c2c([2H])c([2H])c(-c3ccccc3-n3c4ccccc4c4ccccc43)c([2H])c2[2H])c([2H])c([2H])c1-c1ccc(-c2ccccc2)cc1. The van der Waals surface area contributed by atoms with Gasteiger partial charge >= 0.3 is 0 Å². The highest BCUT2D eigenvalue weighted by molar-refractivity contribution is 6.09. The number of rotatable bonds is 8. The van der Waals surface area contributed by atoms with Crippen molar-refractivity contribution in [1.29, 1.82) is 0 Å². The van der Waals surface area contributed by atoms with Crippen LogP contribution in [-0.2, 0) is 0 Å². The summed E-state index contributed by atoms with van der Waals surface area (Å²) in [5, 5.41) is 2.07. The maximum absolute atomic E-state index is 9.70. The van der Waals surface area contributed by atoms with Gasteiger partial charge in [-0.3, -0.25) is 0 Å². The van der Waals surface area contributed by atoms with Crippen LogP contribution in [0, 0.1) is 0 Å². The van der Waals surface area contributed by atoms with Crippen LogP contribution in [0.2, 0.25) is 0 Å². The second kappa shape index (κ2) is 14.4. The lowest BCUT2D eigenvalue weighted by atomic mass is 10.00. The molecule has 0 spiro atoms. The number of para-hydroxylation sites is 3. The Kier molecular flexibility index (Phi) is 6.59. The largest absolute Gasteiger partial charge is 0.311 e. The fraction of sp³-hybridized carbons (Fsp3) is 0. The zero-order valence-electron chi connectivity index (χ0n) is 38.2. The topological polar surface area (TPSA) is 8.17 Å². The number of benzene rings is 9. The van der Waals surface area contributed by atoms with Crippen LogP contribution in [0.25, 0.3) is 72.0 Å². The maximum Gasteiger partial charge on any atom is 0.0645 e. The van der Waals surface area contributed by atoms with Crippen LogP contribution in [0.15, 0.2) is 230 Å². The third-order valence-electron chi connectivity index (χ3n) is 10.2. The van der Waals surface area contributed by atoms with E-state index in [1.54, 1.807) is 30.3 Å². The molecule has 10 rings (SSSR count). The Morgan fingerprint density at radius 1 is 0.304 bits per heavy atom. The Balaban J connectivity index is 1.18. The fourth-order valence-electron chi connectivity index (χ4n) is 7.44. The molecule has 264 valence electrons. The van der Waals surface area contributed by atoms with Gasteiger partial charge in [-0.05, 0) is 93.4 Å². The molecule has 0 aliphatic heterocycles. The minimum Gasteiger partial charge on any atom is -0.311 e. The van der Waals surface area contributed by atoms with E-state index in [4.69, 9.17) is 0 Å². The lowest BCUT2D eigenvalue weighted by Gasteiger charge is -2.26. The zero-order chi connectivity index (χ0) is 44.2. The summed E-state index contributed by atoms with van der Waals surface area (Å²) in [6.07, 6.45) is 0. The van der Waals surface area contributed by atoms with Crippen molar-refractivity contribution in [3.05, 3.63) is 230 Å². The molecule has 0 saturated heterocycles. The van der Waals surface area contributed by atoms with Crippen molar-refractivity contribution in [2.24, 2.45) is 0 Å². The smallest absolute Gasteiger partial charge is 0.0645 e. The lowest BCUT2D eigenvalue weighted by Crippen LogP contribution is -2.09. The fourth-order valence-corrected chi connectivity index (χ4v) is 7.44. The zero-order valence-corrected chi connectivity index (χ0v) is 30.2. The van der Waals surface area contributed by atoms with Crippen molar-refractivity contribution in [3.63, 3.8) is 0 Å². The third-order valence-corrected chi connectivity index (χ3v) is 10.2. The first-order chi connectivity index (χ1) is 31.1.